The molecule has 0 amide bonds. The Hall–Kier alpha value is -1.67. The summed E-state index contributed by atoms with van der Waals surface area (Å²) in [5.74, 6) is -1.45. The van der Waals surface area contributed by atoms with Gasteiger partial charge in [0, 0.05) is 19.3 Å². The van der Waals surface area contributed by atoms with E-state index in [9.17, 15) is 19.5 Å². The number of hydrogen-bond donors (Lipinski definition) is 1. The summed E-state index contributed by atoms with van der Waals surface area (Å²) >= 11 is 0. The lowest BCUT2D eigenvalue weighted by atomic mass is 10.0. The Morgan fingerprint density at radius 2 is 0.846 bits per heavy atom. The van der Waals surface area contributed by atoms with Gasteiger partial charge in [0.2, 0.25) is 0 Å². The quantitative estimate of drug-likeness (QED) is 0.0379. The molecule has 0 radical (unpaired) electrons. The molecule has 0 aromatic carbocycles. The SMILES string of the molecule is CCCCCCCCCCCCCCCCCCCCC(=O)OCC(COCCC(C(=O)O)[N+](C)(C)C)OC(=O)CCCCCCCCCCCC. The van der Waals surface area contributed by atoms with Crippen LogP contribution in [0.3, 0.4) is 0 Å². The van der Waals surface area contributed by atoms with Crippen molar-refractivity contribution in [2.45, 2.75) is 225 Å². The summed E-state index contributed by atoms with van der Waals surface area (Å²) in [4.78, 5) is 36.9. The number of aliphatic carboxylic acids is 1. The van der Waals surface area contributed by atoms with Crippen molar-refractivity contribution in [2.75, 3.05) is 41.0 Å². The van der Waals surface area contributed by atoms with Gasteiger partial charge in [-0.05, 0) is 12.8 Å². The molecular weight excluding hydrogens is 654 g/mol. The molecule has 2 atom stereocenters. The lowest BCUT2D eigenvalue weighted by molar-refractivity contribution is -0.887. The smallest absolute Gasteiger partial charge is 0.362 e. The number of esters is 2. The fourth-order valence-corrected chi connectivity index (χ4v) is 6.80. The fraction of sp³-hybridized carbons (Fsp3) is 0.932. The Morgan fingerprint density at radius 1 is 0.500 bits per heavy atom. The maximum atomic E-state index is 12.7. The van der Waals surface area contributed by atoms with Gasteiger partial charge in [0.1, 0.15) is 6.61 Å². The Labute approximate surface area is 321 Å². The van der Waals surface area contributed by atoms with Gasteiger partial charge in [0.25, 0.3) is 0 Å². The van der Waals surface area contributed by atoms with Crippen LogP contribution in [0.25, 0.3) is 0 Å². The largest absolute Gasteiger partial charge is 0.477 e. The summed E-state index contributed by atoms with van der Waals surface area (Å²) < 4.78 is 17.3. The minimum atomic E-state index is -0.871. The molecule has 0 aromatic heterocycles. The molecule has 2 unspecified atom stereocenters. The lowest BCUT2D eigenvalue weighted by Gasteiger charge is -2.31. The minimum Gasteiger partial charge on any atom is -0.477 e. The van der Waals surface area contributed by atoms with Gasteiger partial charge in [0.05, 0.1) is 34.4 Å². The van der Waals surface area contributed by atoms with Crippen molar-refractivity contribution in [3.05, 3.63) is 0 Å². The molecule has 52 heavy (non-hydrogen) atoms. The van der Waals surface area contributed by atoms with E-state index in [2.05, 4.69) is 13.8 Å². The van der Waals surface area contributed by atoms with E-state index in [1.54, 1.807) is 0 Å². The second kappa shape index (κ2) is 36.3. The first kappa shape index (κ1) is 50.3. The van der Waals surface area contributed by atoms with Crippen LogP contribution in [0, 0.1) is 0 Å². The molecule has 0 aliphatic heterocycles. The van der Waals surface area contributed by atoms with E-state index in [-0.39, 0.29) is 36.2 Å². The number of unbranched alkanes of at least 4 members (excludes halogenated alkanes) is 26. The van der Waals surface area contributed by atoms with E-state index in [1.165, 1.54) is 141 Å². The Balaban J connectivity index is 4.22. The van der Waals surface area contributed by atoms with E-state index in [1.807, 2.05) is 21.1 Å². The second-order valence-corrected chi connectivity index (χ2v) is 16.3. The standard InChI is InChI=1S/C44H85NO7/c1-6-8-10-12-14-16-18-19-20-21-22-23-24-25-27-28-30-32-34-42(46)51-39-40(38-50-37-36-41(44(48)49)45(3,4)5)52-43(47)35-33-31-29-26-17-15-13-11-9-7-2/h40-41H,6-39H2,1-5H3/p+1. The summed E-state index contributed by atoms with van der Waals surface area (Å²) in [5.41, 5.74) is 0. The van der Waals surface area contributed by atoms with Gasteiger partial charge in [-0.3, -0.25) is 9.59 Å². The van der Waals surface area contributed by atoms with Crippen LogP contribution in [-0.2, 0) is 28.6 Å². The first-order chi connectivity index (χ1) is 25.1. The molecule has 308 valence electrons. The number of quaternary nitrogens is 1. The molecule has 0 heterocycles. The fourth-order valence-electron chi connectivity index (χ4n) is 6.80. The van der Waals surface area contributed by atoms with E-state index in [0.717, 1.165) is 38.5 Å². The highest BCUT2D eigenvalue weighted by atomic mass is 16.6. The average Bonchev–Trinajstić information content (AvgIpc) is 3.09. The molecule has 0 fully saturated rings. The number of hydrogen-bond acceptors (Lipinski definition) is 6. The summed E-state index contributed by atoms with van der Waals surface area (Å²) in [6.07, 6.45) is 35.7. The maximum absolute atomic E-state index is 12.7. The van der Waals surface area contributed by atoms with Crippen LogP contribution >= 0.6 is 0 Å². The van der Waals surface area contributed by atoms with Crippen LogP contribution in [-0.4, -0.2) is 80.6 Å². The zero-order valence-electron chi connectivity index (χ0n) is 35.0. The Bertz CT molecular complexity index is 828. The number of ether oxygens (including phenoxy) is 3. The van der Waals surface area contributed by atoms with Crippen LogP contribution < -0.4 is 0 Å². The summed E-state index contributed by atoms with van der Waals surface area (Å²) in [7, 11) is 5.53. The first-order valence-electron chi connectivity index (χ1n) is 22.1. The van der Waals surface area contributed by atoms with E-state index >= 15 is 0 Å². The predicted octanol–water partition coefficient (Wildman–Crippen LogP) is 11.8. The van der Waals surface area contributed by atoms with Gasteiger partial charge in [-0.1, -0.05) is 181 Å². The molecule has 8 nitrogen and oxygen atoms in total. The third-order valence-electron chi connectivity index (χ3n) is 10.3. The van der Waals surface area contributed by atoms with Crippen LogP contribution in [0.5, 0.6) is 0 Å². The summed E-state index contributed by atoms with van der Waals surface area (Å²) in [6.45, 7) is 4.75. The van der Waals surface area contributed by atoms with Crippen LogP contribution in [0.4, 0.5) is 0 Å². The van der Waals surface area contributed by atoms with Crippen molar-refractivity contribution in [1.29, 1.82) is 0 Å². The Morgan fingerprint density at radius 3 is 1.19 bits per heavy atom. The zero-order valence-corrected chi connectivity index (χ0v) is 35.0. The van der Waals surface area contributed by atoms with Gasteiger partial charge < -0.3 is 23.8 Å². The third-order valence-corrected chi connectivity index (χ3v) is 10.3. The highest BCUT2D eigenvalue weighted by molar-refractivity contribution is 5.72. The van der Waals surface area contributed by atoms with Crippen LogP contribution in [0.1, 0.15) is 213 Å². The number of carboxylic acid groups (broad SMARTS) is 1. The topological polar surface area (TPSA) is 99.1 Å². The number of likely N-dealkylation sites (N-methyl/N-ethyl adjacent to an activating group) is 1. The number of rotatable bonds is 40. The van der Waals surface area contributed by atoms with E-state index < -0.39 is 18.1 Å². The molecule has 1 N–H and O–H groups in total. The zero-order chi connectivity index (χ0) is 38.5. The minimum absolute atomic E-state index is 0.0423. The van der Waals surface area contributed by atoms with Gasteiger partial charge >= 0.3 is 17.9 Å². The molecule has 0 bridgehead atoms. The van der Waals surface area contributed by atoms with Crippen molar-refractivity contribution in [3.63, 3.8) is 0 Å². The average molecular weight is 741 g/mol. The van der Waals surface area contributed by atoms with Crippen LogP contribution in [0.2, 0.25) is 0 Å². The molecule has 0 rings (SSSR count). The van der Waals surface area contributed by atoms with Crippen molar-refractivity contribution >= 4 is 17.9 Å². The second-order valence-electron chi connectivity index (χ2n) is 16.3. The molecule has 0 aliphatic rings. The monoisotopic (exact) mass is 741 g/mol. The summed E-state index contributed by atoms with van der Waals surface area (Å²) in [5, 5.41) is 9.60. The molecule has 0 saturated heterocycles. The predicted molar refractivity (Wildman–Crippen MR) is 216 cm³/mol. The number of carbonyl (C=O) groups is 3. The van der Waals surface area contributed by atoms with Crippen molar-refractivity contribution in [1.82, 2.24) is 0 Å². The van der Waals surface area contributed by atoms with Gasteiger partial charge in [0.15, 0.2) is 12.1 Å². The van der Waals surface area contributed by atoms with E-state index in [4.69, 9.17) is 14.2 Å². The Kier molecular flexibility index (Phi) is 35.1. The number of nitrogens with zero attached hydrogens (tertiary/aromatic N) is 1. The van der Waals surface area contributed by atoms with Crippen LogP contribution in [0.15, 0.2) is 0 Å². The highest BCUT2D eigenvalue weighted by Gasteiger charge is 2.31. The highest BCUT2D eigenvalue weighted by Crippen LogP contribution is 2.16. The normalized spacial score (nSPS) is 12.9. The maximum Gasteiger partial charge on any atom is 0.362 e. The molecular formula is C44H86NO7+. The van der Waals surface area contributed by atoms with Crippen molar-refractivity contribution in [3.8, 4) is 0 Å². The van der Waals surface area contributed by atoms with Gasteiger partial charge in [-0.15, -0.1) is 0 Å². The molecule has 8 heteroatoms. The molecule has 0 aromatic rings. The van der Waals surface area contributed by atoms with E-state index in [0.29, 0.717) is 19.3 Å². The number of carbonyl (C=O) groups excluding carboxylic acids is 2. The lowest BCUT2D eigenvalue weighted by Crippen LogP contribution is -2.50. The van der Waals surface area contributed by atoms with Crippen molar-refractivity contribution in [2.24, 2.45) is 0 Å². The van der Waals surface area contributed by atoms with Gasteiger partial charge in [-0.2, -0.15) is 0 Å². The summed E-state index contributed by atoms with van der Waals surface area (Å²) in [6, 6.07) is -0.607. The molecule has 0 saturated carbocycles. The van der Waals surface area contributed by atoms with Crippen molar-refractivity contribution < 1.29 is 38.2 Å². The van der Waals surface area contributed by atoms with Gasteiger partial charge in [-0.25, -0.2) is 4.79 Å². The first-order valence-corrected chi connectivity index (χ1v) is 22.1. The third kappa shape index (κ3) is 34.1. The molecule has 0 spiro atoms. The molecule has 0 aliphatic carbocycles. The number of carboxylic acids is 1.